The SMILES string of the molecule is N#Cc1[c]sc2cccc(C#N)c12. The maximum atomic E-state index is 8.81. The van der Waals surface area contributed by atoms with Gasteiger partial charge in [0.15, 0.2) is 0 Å². The molecule has 0 aliphatic heterocycles. The molecule has 0 bridgehead atoms. The van der Waals surface area contributed by atoms with E-state index in [0.717, 1.165) is 10.1 Å². The van der Waals surface area contributed by atoms with Crippen LogP contribution >= 0.6 is 11.3 Å². The van der Waals surface area contributed by atoms with Crippen LogP contribution in [0.2, 0.25) is 0 Å². The molecular formula is C10H3N2S. The summed E-state index contributed by atoms with van der Waals surface area (Å²) in [7, 11) is 0. The molecule has 0 unspecified atom stereocenters. The van der Waals surface area contributed by atoms with Gasteiger partial charge in [-0.3, -0.25) is 0 Å². The molecule has 0 aliphatic rings. The van der Waals surface area contributed by atoms with Crippen LogP contribution in [0, 0.1) is 28.0 Å². The van der Waals surface area contributed by atoms with Crippen molar-refractivity contribution >= 4 is 21.4 Å². The summed E-state index contributed by atoms with van der Waals surface area (Å²) in [6.07, 6.45) is 0. The van der Waals surface area contributed by atoms with E-state index in [1.165, 1.54) is 11.3 Å². The highest BCUT2D eigenvalue weighted by atomic mass is 32.1. The number of thiophene rings is 1. The third kappa shape index (κ3) is 1.07. The van der Waals surface area contributed by atoms with Gasteiger partial charge in [-0.1, -0.05) is 6.07 Å². The van der Waals surface area contributed by atoms with Gasteiger partial charge >= 0.3 is 0 Å². The normalized spacial score (nSPS) is 9.38. The highest BCUT2D eigenvalue weighted by Gasteiger charge is 2.07. The Balaban J connectivity index is 2.96. The first-order chi connectivity index (χ1) is 6.36. The van der Waals surface area contributed by atoms with Crippen molar-refractivity contribution in [3.05, 3.63) is 34.7 Å². The molecule has 1 aromatic carbocycles. The molecule has 1 heterocycles. The number of rotatable bonds is 0. The minimum Gasteiger partial charge on any atom is -0.192 e. The van der Waals surface area contributed by atoms with Gasteiger partial charge in [-0.05, 0) is 12.1 Å². The van der Waals surface area contributed by atoms with Gasteiger partial charge in [0.2, 0.25) is 0 Å². The monoisotopic (exact) mass is 183 g/mol. The molecule has 3 heteroatoms. The van der Waals surface area contributed by atoms with Crippen LogP contribution < -0.4 is 0 Å². The van der Waals surface area contributed by atoms with Crippen LogP contribution in [0.25, 0.3) is 10.1 Å². The third-order valence-electron chi connectivity index (χ3n) is 1.77. The van der Waals surface area contributed by atoms with E-state index in [2.05, 4.69) is 11.4 Å². The average molecular weight is 183 g/mol. The standard InChI is InChI=1S/C10H3N2S/c11-4-7-2-1-3-9-10(7)8(5-12)6-13-9/h1-3H. The summed E-state index contributed by atoms with van der Waals surface area (Å²) in [5.41, 5.74) is 1.02. The summed E-state index contributed by atoms with van der Waals surface area (Å²) in [6.45, 7) is 0. The number of fused-ring (bicyclic) bond motifs is 1. The fourth-order valence-corrected chi connectivity index (χ4v) is 2.02. The lowest BCUT2D eigenvalue weighted by molar-refractivity contribution is 1.49. The molecule has 0 saturated heterocycles. The zero-order valence-corrected chi connectivity index (χ0v) is 7.35. The van der Waals surface area contributed by atoms with Gasteiger partial charge in [0.1, 0.15) is 6.07 Å². The fraction of sp³-hybridized carbons (Fsp3) is 0. The van der Waals surface area contributed by atoms with Crippen molar-refractivity contribution in [2.24, 2.45) is 0 Å². The lowest BCUT2D eigenvalue weighted by Gasteiger charge is -1.91. The molecule has 0 amide bonds. The molecule has 0 atom stereocenters. The number of hydrogen-bond donors (Lipinski definition) is 0. The summed E-state index contributed by atoms with van der Waals surface area (Å²) in [6, 6.07) is 9.51. The third-order valence-corrected chi connectivity index (χ3v) is 2.64. The zero-order chi connectivity index (χ0) is 9.26. The van der Waals surface area contributed by atoms with Crippen molar-refractivity contribution in [3.8, 4) is 12.1 Å². The van der Waals surface area contributed by atoms with E-state index in [0.29, 0.717) is 11.1 Å². The predicted octanol–water partition coefficient (Wildman–Crippen LogP) is 2.44. The van der Waals surface area contributed by atoms with Crippen molar-refractivity contribution in [1.82, 2.24) is 0 Å². The maximum Gasteiger partial charge on any atom is 0.101 e. The summed E-state index contributed by atoms with van der Waals surface area (Å²) in [5, 5.41) is 21.2. The van der Waals surface area contributed by atoms with E-state index in [-0.39, 0.29) is 0 Å². The van der Waals surface area contributed by atoms with Gasteiger partial charge in [-0.2, -0.15) is 10.5 Å². The summed E-state index contributed by atoms with van der Waals surface area (Å²) < 4.78 is 0.940. The average Bonchev–Trinajstić information content (AvgIpc) is 2.60. The number of nitrogens with zero attached hydrogens (tertiary/aromatic N) is 2. The number of hydrogen-bond acceptors (Lipinski definition) is 3. The van der Waals surface area contributed by atoms with Crippen LogP contribution in [0.5, 0.6) is 0 Å². The molecule has 0 aliphatic carbocycles. The van der Waals surface area contributed by atoms with Crippen LogP contribution in [0.1, 0.15) is 11.1 Å². The minimum absolute atomic E-state index is 0.470. The Hall–Kier alpha value is -1.84. The first-order valence-electron chi connectivity index (χ1n) is 3.60. The molecule has 13 heavy (non-hydrogen) atoms. The number of benzene rings is 1. The van der Waals surface area contributed by atoms with E-state index >= 15 is 0 Å². The van der Waals surface area contributed by atoms with Gasteiger partial charge in [0.05, 0.1) is 22.6 Å². The fourth-order valence-electron chi connectivity index (χ4n) is 1.20. The molecule has 0 spiro atoms. The van der Waals surface area contributed by atoms with Crippen LogP contribution in [-0.2, 0) is 0 Å². The summed E-state index contributed by atoms with van der Waals surface area (Å²) in [5.74, 6) is 0. The molecule has 0 N–H and O–H groups in total. The highest BCUT2D eigenvalue weighted by molar-refractivity contribution is 7.17. The Morgan fingerprint density at radius 1 is 1.23 bits per heavy atom. The Morgan fingerprint density at radius 3 is 2.77 bits per heavy atom. The summed E-state index contributed by atoms with van der Waals surface area (Å²) in [4.78, 5) is 0. The first-order valence-corrected chi connectivity index (χ1v) is 4.42. The Morgan fingerprint density at radius 2 is 2.08 bits per heavy atom. The van der Waals surface area contributed by atoms with Crippen molar-refractivity contribution in [2.75, 3.05) is 0 Å². The smallest absolute Gasteiger partial charge is 0.101 e. The Labute approximate surface area is 79.3 Å². The molecule has 2 nitrogen and oxygen atoms in total. The molecule has 0 saturated carbocycles. The topological polar surface area (TPSA) is 47.6 Å². The maximum absolute atomic E-state index is 8.81. The van der Waals surface area contributed by atoms with Crippen molar-refractivity contribution in [3.63, 3.8) is 0 Å². The minimum atomic E-state index is 0.470. The van der Waals surface area contributed by atoms with E-state index in [4.69, 9.17) is 10.5 Å². The van der Waals surface area contributed by atoms with Crippen LogP contribution in [0.15, 0.2) is 18.2 Å². The Bertz CT molecular complexity index is 540. The largest absolute Gasteiger partial charge is 0.192 e. The van der Waals surface area contributed by atoms with Crippen molar-refractivity contribution in [2.45, 2.75) is 0 Å². The molecule has 1 radical (unpaired) electrons. The second kappa shape index (κ2) is 2.90. The lowest BCUT2D eigenvalue weighted by Crippen LogP contribution is -1.77. The number of nitriles is 2. The molecule has 0 fully saturated rings. The summed E-state index contributed by atoms with van der Waals surface area (Å²) >= 11 is 1.37. The van der Waals surface area contributed by atoms with Crippen LogP contribution in [0.4, 0.5) is 0 Å². The van der Waals surface area contributed by atoms with Gasteiger partial charge in [0, 0.05) is 10.1 Å². The lowest BCUT2D eigenvalue weighted by atomic mass is 10.1. The van der Waals surface area contributed by atoms with Gasteiger partial charge < -0.3 is 0 Å². The van der Waals surface area contributed by atoms with E-state index < -0.39 is 0 Å². The molecule has 1 aromatic heterocycles. The second-order valence-corrected chi connectivity index (χ2v) is 3.33. The molecule has 59 valence electrons. The predicted molar refractivity (Wildman–Crippen MR) is 50.1 cm³/mol. The first kappa shape index (κ1) is 7.79. The molecule has 2 aromatic rings. The van der Waals surface area contributed by atoms with Crippen LogP contribution in [-0.4, -0.2) is 0 Å². The van der Waals surface area contributed by atoms with Gasteiger partial charge in [-0.25, -0.2) is 0 Å². The zero-order valence-electron chi connectivity index (χ0n) is 6.53. The van der Waals surface area contributed by atoms with E-state index in [9.17, 15) is 0 Å². The highest BCUT2D eigenvalue weighted by Crippen LogP contribution is 2.27. The van der Waals surface area contributed by atoms with Gasteiger partial charge in [-0.15, -0.1) is 11.3 Å². The molecular weight excluding hydrogens is 180 g/mol. The van der Waals surface area contributed by atoms with E-state index in [1.807, 2.05) is 18.2 Å². The molecule has 2 rings (SSSR count). The second-order valence-electron chi connectivity index (χ2n) is 2.48. The van der Waals surface area contributed by atoms with Gasteiger partial charge in [0.25, 0.3) is 0 Å². The van der Waals surface area contributed by atoms with Crippen molar-refractivity contribution in [1.29, 1.82) is 10.5 Å². The van der Waals surface area contributed by atoms with E-state index in [1.54, 1.807) is 6.07 Å². The Kier molecular flexibility index (Phi) is 1.73. The quantitative estimate of drug-likeness (QED) is 0.629. The van der Waals surface area contributed by atoms with Crippen molar-refractivity contribution < 1.29 is 0 Å². The van der Waals surface area contributed by atoms with Crippen LogP contribution in [0.3, 0.4) is 0 Å².